The molecule has 22 heavy (non-hydrogen) atoms. The van der Waals surface area contributed by atoms with E-state index >= 15 is 0 Å². The second-order valence-corrected chi connectivity index (χ2v) is 4.67. The average Bonchev–Trinajstić information content (AvgIpc) is 2.49. The van der Waals surface area contributed by atoms with Crippen molar-refractivity contribution in [3.05, 3.63) is 59.9 Å². The first-order valence-electron chi connectivity index (χ1n) is 6.69. The Morgan fingerprint density at radius 1 is 1.27 bits per heavy atom. The van der Waals surface area contributed by atoms with E-state index in [0.29, 0.717) is 11.3 Å². The minimum atomic E-state index is -0.594. The van der Waals surface area contributed by atoms with Crippen molar-refractivity contribution >= 4 is 17.8 Å². The van der Waals surface area contributed by atoms with Gasteiger partial charge in [-0.15, -0.1) is 0 Å². The summed E-state index contributed by atoms with van der Waals surface area (Å²) in [6, 6.07) is 11.9. The van der Waals surface area contributed by atoms with Crippen LogP contribution in [-0.4, -0.2) is 23.3 Å². The minimum absolute atomic E-state index is 0.0754. The number of nitrogens with one attached hydrogen (secondary N) is 2. The van der Waals surface area contributed by atoms with Crippen LogP contribution in [0.1, 0.15) is 12.5 Å². The molecular weight excluding hydrogens is 285 g/mol. The molecule has 2 aromatic rings. The molecule has 2 aromatic carbocycles. The number of hydrogen-bond acceptors (Lipinski definition) is 4. The molecule has 0 radical (unpaired) electrons. The molecule has 0 spiro atoms. The lowest BCUT2D eigenvalue weighted by molar-refractivity contribution is -0.121. The highest BCUT2D eigenvalue weighted by Gasteiger charge is 2.11. The van der Waals surface area contributed by atoms with Gasteiger partial charge < -0.3 is 10.4 Å². The highest BCUT2D eigenvalue weighted by molar-refractivity contribution is 5.87. The molecule has 0 aliphatic carbocycles. The van der Waals surface area contributed by atoms with E-state index in [1.165, 1.54) is 24.4 Å². The van der Waals surface area contributed by atoms with Crippen LogP contribution in [0.15, 0.2) is 53.6 Å². The Kier molecular flexibility index (Phi) is 5.08. The van der Waals surface area contributed by atoms with Crippen molar-refractivity contribution in [1.29, 1.82) is 0 Å². The number of para-hydroxylation sites is 1. The number of carbonyl (C=O) groups excluding carboxylic acids is 1. The van der Waals surface area contributed by atoms with Crippen LogP contribution in [0.3, 0.4) is 0 Å². The number of hydrogen-bond donors (Lipinski definition) is 3. The first-order valence-corrected chi connectivity index (χ1v) is 6.69. The fraction of sp³-hybridized carbons (Fsp3) is 0.125. The highest BCUT2D eigenvalue weighted by Crippen LogP contribution is 2.12. The van der Waals surface area contributed by atoms with Crippen molar-refractivity contribution in [2.75, 3.05) is 5.32 Å². The lowest BCUT2D eigenvalue weighted by Gasteiger charge is -2.13. The summed E-state index contributed by atoms with van der Waals surface area (Å²) < 4.78 is 13.1. The second-order valence-electron chi connectivity index (χ2n) is 4.67. The highest BCUT2D eigenvalue weighted by atomic mass is 19.1. The second kappa shape index (κ2) is 7.21. The van der Waals surface area contributed by atoms with Gasteiger partial charge >= 0.3 is 0 Å². The lowest BCUT2D eigenvalue weighted by atomic mass is 10.2. The van der Waals surface area contributed by atoms with E-state index in [0.717, 1.165) is 0 Å². The number of rotatable bonds is 5. The van der Waals surface area contributed by atoms with E-state index in [9.17, 15) is 14.3 Å². The standard InChI is InChI=1S/C16H16FN3O2/c1-11(19-14-7-4-6-13(17)9-14)16(22)20-18-10-12-5-2-3-8-15(12)21/h2-11,19,21H,1H3,(H,20,22)/t11-/m1/s1. The quantitative estimate of drug-likeness (QED) is 0.587. The number of carbonyl (C=O) groups is 1. The molecule has 0 unspecified atom stereocenters. The number of anilines is 1. The average molecular weight is 301 g/mol. The number of hydrazone groups is 1. The van der Waals surface area contributed by atoms with Crippen molar-refractivity contribution in [2.24, 2.45) is 5.10 Å². The zero-order valence-corrected chi connectivity index (χ0v) is 12.0. The van der Waals surface area contributed by atoms with Crippen LogP contribution in [0.2, 0.25) is 0 Å². The van der Waals surface area contributed by atoms with E-state index in [4.69, 9.17) is 0 Å². The van der Waals surface area contributed by atoms with E-state index in [1.807, 2.05) is 0 Å². The van der Waals surface area contributed by atoms with Gasteiger partial charge in [-0.1, -0.05) is 18.2 Å². The molecule has 5 nitrogen and oxygen atoms in total. The molecule has 0 saturated carbocycles. The number of nitrogens with zero attached hydrogens (tertiary/aromatic N) is 1. The van der Waals surface area contributed by atoms with E-state index in [1.54, 1.807) is 37.3 Å². The van der Waals surface area contributed by atoms with E-state index < -0.39 is 6.04 Å². The maximum atomic E-state index is 13.1. The molecule has 1 atom stereocenters. The van der Waals surface area contributed by atoms with Gasteiger partial charge in [0.2, 0.25) is 0 Å². The minimum Gasteiger partial charge on any atom is -0.507 e. The summed E-state index contributed by atoms with van der Waals surface area (Å²) >= 11 is 0. The van der Waals surface area contributed by atoms with Gasteiger partial charge in [-0.2, -0.15) is 5.10 Å². The predicted octanol–water partition coefficient (Wildman–Crippen LogP) is 2.48. The molecule has 0 aliphatic rings. The largest absolute Gasteiger partial charge is 0.507 e. The number of phenols is 1. The van der Waals surface area contributed by atoms with Crippen LogP contribution in [-0.2, 0) is 4.79 Å². The van der Waals surface area contributed by atoms with Gasteiger partial charge in [0.15, 0.2) is 0 Å². The summed E-state index contributed by atoms with van der Waals surface area (Å²) in [5, 5.41) is 16.2. The first kappa shape index (κ1) is 15.5. The van der Waals surface area contributed by atoms with Crippen LogP contribution in [0, 0.1) is 5.82 Å². The molecule has 1 amide bonds. The Morgan fingerprint density at radius 3 is 2.77 bits per heavy atom. The number of benzene rings is 2. The predicted molar refractivity (Wildman–Crippen MR) is 83.3 cm³/mol. The van der Waals surface area contributed by atoms with Gasteiger partial charge in [-0.25, -0.2) is 9.82 Å². The van der Waals surface area contributed by atoms with Gasteiger partial charge in [-0.05, 0) is 37.3 Å². The Labute approximate surface area is 127 Å². The third-order valence-electron chi connectivity index (χ3n) is 2.92. The summed E-state index contributed by atoms with van der Waals surface area (Å²) in [4.78, 5) is 11.9. The molecule has 6 heteroatoms. The Bertz CT molecular complexity index is 689. The summed E-state index contributed by atoms with van der Waals surface area (Å²) in [7, 11) is 0. The van der Waals surface area contributed by atoms with Gasteiger partial charge in [0, 0.05) is 11.3 Å². The van der Waals surface area contributed by atoms with Crippen LogP contribution in [0.4, 0.5) is 10.1 Å². The molecule has 114 valence electrons. The summed E-state index contributed by atoms with van der Waals surface area (Å²) in [6.07, 6.45) is 1.35. The monoisotopic (exact) mass is 301 g/mol. The molecule has 2 rings (SSSR count). The number of phenolic OH excluding ortho intramolecular Hbond substituents is 1. The van der Waals surface area contributed by atoms with Gasteiger partial charge in [0.25, 0.3) is 5.91 Å². The Morgan fingerprint density at radius 2 is 2.05 bits per heavy atom. The smallest absolute Gasteiger partial charge is 0.262 e. The normalized spacial score (nSPS) is 12.1. The van der Waals surface area contributed by atoms with Crippen LogP contribution in [0.5, 0.6) is 5.75 Å². The fourth-order valence-corrected chi connectivity index (χ4v) is 1.75. The molecule has 0 saturated heterocycles. The van der Waals surface area contributed by atoms with Crippen molar-refractivity contribution in [3.8, 4) is 5.75 Å². The third-order valence-corrected chi connectivity index (χ3v) is 2.92. The Hall–Kier alpha value is -2.89. The molecule has 0 aliphatic heterocycles. The molecule has 0 bridgehead atoms. The van der Waals surface area contributed by atoms with E-state index in [-0.39, 0.29) is 17.5 Å². The molecule has 0 heterocycles. The van der Waals surface area contributed by atoms with Crippen LogP contribution >= 0.6 is 0 Å². The van der Waals surface area contributed by atoms with Gasteiger partial charge in [0.05, 0.1) is 6.21 Å². The van der Waals surface area contributed by atoms with Crippen molar-refractivity contribution in [1.82, 2.24) is 5.43 Å². The maximum Gasteiger partial charge on any atom is 0.262 e. The summed E-state index contributed by atoms with van der Waals surface area (Å²) in [5.74, 6) is -0.683. The molecule has 3 N–H and O–H groups in total. The molecular formula is C16H16FN3O2. The first-order chi connectivity index (χ1) is 10.6. The van der Waals surface area contributed by atoms with Crippen LogP contribution < -0.4 is 10.7 Å². The third kappa shape index (κ3) is 4.31. The number of halogens is 1. The summed E-state index contributed by atoms with van der Waals surface area (Å²) in [6.45, 7) is 1.63. The van der Waals surface area contributed by atoms with Crippen molar-refractivity contribution < 1.29 is 14.3 Å². The zero-order valence-electron chi connectivity index (χ0n) is 12.0. The Balaban J connectivity index is 1.90. The van der Waals surface area contributed by atoms with Crippen molar-refractivity contribution in [3.63, 3.8) is 0 Å². The van der Waals surface area contributed by atoms with E-state index in [2.05, 4.69) is 15.8 Å². The fourth-order valence-electron chi connectivity index (χ4n) is 1.75. The number of amides is 1. The maximum absolute atomic E-state index is 13.1. The molecule has 0 aromatic heterocycles. The van der Waals surface area contributed by atoms with Gasteiger partial charge in [0.1, 0.15) is 17.6 Å². The van der Waals surface area contributed by atoms with Crippen molar-refractivity contribution in [2.45, 2.75) is 13.0 Å². The lowest BCUT2D eigenvalue weighted by Crippen LogP contribution is -2.34. The summed E-state index contributed by atoms with van der Waals surface area (Å²) in [5.41, 5.74) is 3.36. The zero-order chi connectivity index (χ0) is 15.9. The van der Waals surface area contributed by atoms with Crippen LogP contribution in [0.25, 0.3) is 0 Å². The topological polar surface area (TPSA) is 73.7 Å². The van der Waals surface area contributed by atoms with Gasteiger partial charge in [-0.3, -0.25) is 4.79 Å². The molecule has 0 fully saturated rings. The SMILES string of the molecule is C[C@@H](Nc1cccc(F)c1)C(=O)NN=Cc1ccccc1O. The number of aromatic hydroxyl groups is 1.